The molecule has 0 fully saturated rings. The average molecular weight is 899 g/mol. The molecule has 0 aliphatic carbocycles. The lowest BCUT2D eigenvalue weighted by molar-refractivity contribution is -0.123. The molecule has 4 nitrogen and oxygen atoms in total. The number of allylic oxidation sites excluding steroid dienone is 6. The Balaban J connectivity index is 3.45. The third-order valence-corrected chi connectivity index (χ3v) is 13.7. The van der Waals surface area contributed by atoms with Crippen molar-refractivity contribution in [3.8, 4) is 0 Å². The Morgan fingerprint density at radius 3 is 0.953 bits per heavy atom. The normalized spacial score (nSPS) is 13.0. The van der Waals surface area contributed by atoms with Crippen molar-refractivity contribution in [2.75, 3.05) is 6.61 Å². The van der Waals surface area contributed by atoms with E-state index in [1.54, 1.807) is 0 Å². The Hall–Kier alpha value is -1.39. The number of amides is 1. The van der Waals surface area contributed by atoms with Crippen LogP contribution < -0.4 is 5.32 Å². The minimum absolute atomic E-state index is 0.0276. The fraction of sp³-hybridized carbons (Fsp3) is 0.883. The zero-order chi connectivity index (χ0) is 46.3. The first-order valence-electron chi connectivity index (χ1n) is 29.2. The maximum absolute atomic E-state index is 12.5. The van der Waals surface area contributed by atoms with Crippen LogP contribution in [-0.4, -0.2) is 34.9 Å². The summed E-state index contributed by atoms with van der Waals surface area (Å²) in [5.41, 5.74) is 0. The predicted octanol–water partition coefficient (Wildman–Crippen LogP) is 19.3. The molecule has 0 aliphatic rings. The van der Waals surface area contributed by atoms with Crippen LogP contribution in [0.15, 0.2) is 36.5 Å². The van der Waals surface area contributed by atoms with E-state index in [2.05, 4.69) is 55.6 Å². The molecule has 4 heteroatoms. The molecule has 0 aromatic heterocycles. The molecule has 1 amide bonds. The average Bonchev–Trinajstić information content (AvgIpc) is 3.30. The van der Waals surface area contributed by atoms with Gasteiger partial charge in [-0.3, -0.25) is 4.79 Å². The number of carbonyl (C=O) groups is 1. The standard InChI is InChI=1S/C60H115NO3/c1-3-5-7-9-11-13-15-17-19-21-23-25-27-28-29-30-31-32-34-36-38-40-42-44-46-48-50-52-54-56-60(64)61-58(57-62)59(63)55-53-51-49-47-45-43-41-39-37-35-33-26-24-22-20-18-16-14-12-10-8-6-4-2/h15,17,21,23,27-28,58-59,62-63H,3-14,16,18-20,22,24-26,29-57H2,1-2H3,(H,61,64)/b17-15-,23-21-,28-27-. The number of hydrogen-bond donors (Lipinski definition) is 3. The highest BCUT2D eigenvalue weighted by molar-refractivity contribution is 5.76. The summed E-state index contributed by atoms with van der Waals surface area (Å²) in [6.45, 7) is 4.38. The van der Waals surface area contributed by atoms with Gasteiger partial charge >= 0.3 is 0 Å². The molecule has 0 spiro atoms. The van der Waals surface area contributed by atoms with Crippen LogP contribution in [0.1, 0.15) is 322 Å². The molecule has 0 radical (unpaired) electrons. The number of carbonyl (C=O) groups excluding carboxylic acids is 1. The number of hydrogen-bond acceptors (Lipinski definition) is 3. The SMILES string of the molecule is CCCCCCC/C=C\C/C=C\C/C=C\CCCCCCCCCCCCCCCCC(=O)NC(CO)C(O)CCCCCCCCCCCCCCCCCCCCCCCCC. The van der Waals surface area contributed by atoms with Crippen molar-refractivity contribution in [1.29, 1.82) is 0 Å². The molecular formula is C60H115NO3. The number of nitrogens with one attached hydrogen (secondary N) is 1. The Bertz CT molecular complexity index is 974. The van der Waals surface area contributed by atoms with Gasteiger partial charge in [0.1, 0.15) is 0 Å². The maximum Gasteiger partial charge on any atom is 0.220 e. The van der Waals surface area contributed by atoms with Crippen molar-refractivity contribution in [3.63, 3.8) is 0 Å². The lowest BCUT2D eigenvalue weighted by Gasteiger charge is -2.22. The van der Waals surface area contributed by atoms with E-state index in [9.17, 15) is 15.0 Å². The van der Waals surface area contributed by atoms with Crippen molar-refractivity contribution < 1.29 is 15.0 Å². The molecule has 0 saturated heterocycles. The molecule has 0 aromatic rings. The van der Waals surface area contributed by atoms with E-state index < -0.39 is 12.1 Å². The highest BCUT2D eigenvalue weighted by Gasteiger charge is 2.20. The van der Waals surface area contributed by atoms with Crippen LogP contribution in [0.2, 0.25) is 0 Å². The van der Waals surface area contributed by atoms with E-state index in [0.29, 0.717) is 12.8 Å². The minimum atomic E-state index is -0.660. The van der Waals surface area contributed by atoms with Gasteiger partial charge in [-0.05, 0) is 51.4 Å². The summed E-state index contributed by atoms with van der Waals surface area (Å²) in [4.78, 5) is 12.5. The smallest absolute Gasteiger partial charge is 0.220 e. The minimum Gasteiger partial charge on any atom is -0.394 e. The molecule has 0 bridgehead atoms. The van der Waals surface area contributed by atoms with Gasteiger partial charge in [-0.25, -0.2) is 0 Å². The van der Waals surface area contributed by atoms with Gasteiger partial charge in [0.05, 0.1) is 18.8 Å². The summed E-state index contributed by atoms with van der Waals surface area (Å²) >= 11 is 0. The van der Waals surface area contributed by atoms with Crippen molar-refractivity contribution in [1.82, 2.24) is 5.32 Å². The molecule has 0 aromatic carbocycles. The molecule has 378 valence electrons. The maximum atomic E-state index is 12.5. The quantitative estimate of drug-likeness (QED) is 0.0421. The van der Waals surface area contributed by atoms with Gasteiger partial charge in [-0.15, -0.1) is 0 Å². The van der Waals surface area contributed by atoms with E-state index in [-0.39, 0.29) is 12.5 Å². The van der Waals surface area contributed by atoms with E-state index in [1.807, 2.05) is 0 Å². The summed E-state index contributed by atoms with van der Waals surface area (Å²) in [7, 11) is 0. The Labute approximate surface area is 402 Å². The highest BCUT2D eigenvalue weighted by Crippen LogP contribution is 2.18. The van der Waals surface area contributed by atoms with E-state index in [4.69, 9.17) is 0 Å². The van der Waals surface area contributed by atoms with Gasteiger partial charge in [-0.1, -0.05) is 301 Å². The molecule has 0 heterocycles. The van der Waals surface area contributed by atoms with Crippen molar-refractivity contribution in [3.05, 3.63) is 36.5 Å². The zero-order valence-corrected chi connectivity index (χ0v) is 43.6. The van der Waals surface area contributed by atoms with Crippen LogP contribution in [0.25, 0.3) is 0 Å². The molecule has 64 heavy (non-hydrogen) atoms. The van der Waals surface area contributed by atoms with E-state index >= 15 is 0 Å². The van der Waals surface area contributed by atoms with Gasteiger partial charge in [0.2, 0.25) is 5.91 Å². The number of rotatable bonds is 54. The summed E-state index contributed by atoms with van der Waals surface area (Å²) in [6, 6.07) is -0.537. The van der Waals surface area contributed by atoms with Crippen LogP contribution in [-0.2, 0) is 4.79 Å². The first-order chi connectivity index (χ1) is 31.7. The van der Waals surface area contributed by atoms with Crippen molar-refractivity contribution in [2.24, 2.45) is 0 Å². The van der Waals surface area contributed by atoms with Crippen LogP contribution in [0.3, 0.4) is 0 Å². The lowest BCUT2D eigenvalue weighted by Crippen LogP contribution is -2.45. The number of aliphatic hydroxyl groups excluding tert-OH is 2. The van der Waals surface area contributed by atoms with Crippen molar-refractivity contribution >= 4 is 5.91 Å². The first-order valence-corrected chi connectivity index (χ1v) is 29.2. The molecule has 2 atom stereocenters. The fourth-order valence-corrected chi connectivity index (χ4v) is 9.20. The van der Waals surface area contributed by atoms with Crippen molar-refractivity contribution in [2.45, 2.75) is 334 Å². The van der Waals surface area contributed by atoms with E-state index in [1.165, 1.54) is 257 Å². The lowest BCUT2D eigenvalue weighted by atomic mass is 10.0. The molecule has 2 unspecified atom stereocenters. The van der Waals surface area contributed by atoms with Crippen LogP contribution in [0, 0.1) is 0 Å². The number of unbranched alkanes of at least 4 members (excludes halogenated alkanes) is 41. The second-order valence-corrected chi connectivity index (χ2v) is 20.1. The van der Waals surface area contributed by atoms with Gasteiger partial charge in [-0.2, -0.15) is 0 Å². The molecule has 0 saturated carbocycles. The highest BCUT2D eigenvalue weighted by atomic mass is 16.3. The van der Waals surface area contributed by atoms with Gasteiger partial charge in [0, 0.05) is 6.42 Å². The Morgan fingerprint density at radius 2 is 0.641 bits per heavy atom. The monoisotopic (exact) mass is 898 g/mol. The summed E-state index contributed by atoms with van der Waals surface area (Å²) in [5, 5.41) is 23.4. The summed E-state index contributed by atoms with van der Waals surface area (Å²) in [5.74, 6) is -0.0276. The first kappa shape index (κ1) is 62.6. The van der Waals surface area contributed by atoms with Gasteiger partial charge < -0.3 is 15.5 Å². The number of aliphatic hydroxyl groups is 2. The predicted molar refractivity (Wildman–Crippen MR) is 285 cm³/mol. The van der Waals surface area contributed by atoms with Gasteiger partial charge in [0.25, 0.3) is 0 Å². The third-order valence-electron chi connectivity index (χ3n) is 13.7. The topological polar surface area (TPSA) is 69.6 Å². The second-order valence-electron chi connectivity index (χ2n) is 20.1. The van der Waals surface area contributed by atoms with Crippen LogP contribution in [0.4, 0.5) is 0 Å². The zero-order valence-electron chi connectivity index (χ0n) is 43.6. The summed E-state index contributed by atoms with van der Waals surface area (Å²) < 4.78 is 0. The molecule has 3 N–H and O–H groups in total. The fourth-order valence-electron chi connectivity index (χ4n) is 9.20. The molecule has 0 rings (SSSR count). The van der Waals surface area contributed by atoms with Crippen LogP contribution >= 0.6 is 0 Å². The van der Waals surface area contributed by atoms with Crippen LogP contribution in [0.5, 0.6) is 0 Å². The summed E-state index contributed by atoms with van der Waals surface area (Å²) in [6.07, 6.45) is 75.6. The third kappa shape index (κ3) is 51.6. The molecule has 0 aliphatic heterocycles. The molecular weight excluding hydrogens is 783 g/mol. The van der Waals surface area contributed by atoms with E-state index in [0.717, 1.165) is 38.5 Å². The largest absolute Gasteiger partial charge is 0.394 e. The van der Waals surface area contributed by atoms with Gasteiger partial charge in [0.15, 0.2) is 0 Å². The Kier molecular flexibility index (Phi) is 54.7. The Morgan fingerprint density at radius 1 is 0.375 bits per heavy atom. The second kappa shape index (κ2) is 55.9.